The second kappa shape index (κ2) is 11.2. The highest BCUT2D eigenvalue weighted by molar-refractivity contribution is 7.89. The van der Waals surface area contributed by atoms with Gasteiger partial charge in [-0.15, -0.1) is 0 Å². The third kappa shape index (κ3) is 6.35. The van der Waals surface area contributed by atoms with E-state index >= 15 is 0 Å². The smallest absolute Gasteiger partial charge is 0.243 e. The van der Waals surface area contributed by atoms with Crippen LogP contribution in [0.25, 0.3) is 0 Å². The Morgan fingerprint density at radius 3 is 2.30 bits per heavy atom. The third-order valence-electron chi connectivity index (χ3n) is 4.43. The van der Waals surface area contributed by atoms with Crippen LogP contribution in [0.15, 0.2) is 47.4 Å². The predicted molar refractivity (Wildman–Crippen MR) is 118 cm³/mol. The molecule has 30 heavy (non-hydrogen) atoms. The fraction of sp³-hybridized carbons (Fsp3) is 0.381. The van der Waals surface area contributed by atoms with Gasteiger partial charge in [-0.05, 0) is 48.9 Å². The predicted octanol–water partition coefficient (Wildman–Crippen LogP) is 4.18. The van der Waals surface area contributed by atoms with Crippen molar-refractivity contribution in [1.82, 2.24) is 4.31 Å². The van der Waals surface area contributed by atoms with Crippen molar-refractivity contribution < 1.29 is 22.7 Å². The quantitative estimate of drug-likeness (QED) is 0.515. The van der Waals surface area contributed by atoms with E-state index in [1.165, 1.54) is 22.5 Å². The number of methoxy groups -OCH3 is 1. The summed E-state index contributed by atoms with van der Waals surface area (Å²) < 4.78 is 37.4. The van der Waals surface area contributed by atoms with Crippen LogP contribution < -0.4 is 14.8 Å². The van der Waals surface area contributed by atoms with E-state index in [0.29, 0.717) is 31.9 Å². The van der Waals surface area contributed by atoms with Gasteiger partial charge in [-0.2, -0.15) is 4.31 Å². The molecule has 0 atom stereocenters. The number of sulfonamides is 1. The lowest BCUT2D eigenvalue weighted by molar-refractivity contribution is -0.116. The molecule has 0 aliphatic heterocycles. The Kier molecular flexibility index (Phi) is 8.95. The summed E-state index contributed by atoms with van der Waals surface area (Å²) in [5.74, 6) is 1.16. The Hall–Kier alpha value is -2.29. The highest BCUT2D eigenvalue weighted by Crippen LogP contribution is 2.27. The molecule has 2 rings (SSSR count). The van der Waals surface area contributed by atoms with E-state index in [4.69, 9.17) is 21.1 Å². The van der Waals surface area contributed by atoms with Gasteiger partial charge in [0.1, 0.15) is 11.5 Å². The Labute approximate surface area is 183 Å². The molecule has 0 aliphatic rings. The van der Waals surface area contributed by atoms with Gasteiger partial charge in [-0.3, -0.25) is 4.79 Å². The molecule has 0 saturated heterocycles. The molecule has 0 aromatic heterocycles. The molecule has 0 bridgehead atoms. The van der Waals surface area contributed by atoms with Crippen molar-refractivity contribution in [3.63, 3.8) is 0 Å². The van der Waals surface area contributed by atoms with Crippen molar-refractivity contribution in [2.24, 2.45) is 0 Å². The highest BCUT2D eigenvalue weighted by atomic mass is 35.5. The van der Waals surface area contributed by atoms with Crippen LogP contribution in [0.2, 0.25) is 5.02 Å². The molecule has 2 aromatic carbocycles. The molecule has 0 saturated carbocycles. The Morgan fingerprint density at radius 2 is 1.70 bits per heavy atom. The molecule has 1 amide bonds. The first-order chi connectivity index (χ1) is 14.3. The number of rotatable bonds is 11. The summed E-state index contributed by atoms with van der Waals surface area (Å²) in [7, 11) is -2.05. The van der Waals surface area contributed by atoms with Gasteiger partial charge in [0.05, 0.1) is 29.3 Å². The van der Waals surface area contributed by atoms with Crippen molar-refractivity contribution in [2.45, 2.75) is 31.6 Å². The van der Waals surface area contributed by atoms with E-state index in [0.717, 1.165) is 5.75 Å². The van der Waals surface area contributed by atoms with Crippen LogP contribution in [0.3, 0.4) is 0 Å². The largest absolute Gasteiger partial charge is 0.497 e. The number of anilines is 1. The minimum atomic E-state index is -3.64. The van der Waals surface area contributed by atoms with Crippen molar-refractivity contribution in [3.8, 4) is 11.5 Å². The Balaban J connectivity index is 1.92. The third-order valence-corrected chi connectivity index (χ3v) is 6.81. The molecule has 2 aromatic rings. The van der Waals surface area contributed by atoms with Crippen LogP contribution in [-0.4, -0.2) is 45.4 Å². The molecule has 164 valence electrons. The number of ether oxygens (including phenoxy) is 2. The SMILES string of the molecule is CCN(CC)S(=O)(=O)c1ccc(Cl)c(NC(=O)CCCOc2ccc(OC)cc2)c1. The molecule has 0 heterocycles. The van der Waals surface area contributed by atoms with E-state index in [1.807, 2.05) is 0 Å². The van der Waals surface area contributed by atoms with E-state index in [9.17, 15) is 13.2 Å². The molecule has 0 fully saturated rings. The maximum Gasteiger partial charge on any atom is 0.243 e. The summed E-state index contributed by atoms with van der Waals surface area (Å²) >= 11 is 6.15. The topological polar surface area (TPSA) is 84.9 Å². The molecular formula is C21H27ClN2O5S. The number of nitrogens with one attached hydrogen (secondary N) is 1. The zero-order valence-corrected chi connectivity index (χ0v) is 18.9. The van der Waals surface area contributed by atoms with E-state index in [-0.39, 0.29) is 27.9 Å². The van der Waals surface area contributed by atoms with Gasteiger partial charge in [0.15, 0.2) is 0 Å². The summed E-state index contributed by atoms with van der Waals surface area (Å²) in [4.78, 5) is 12.4. The molecular weight excluding hydrogens is 428 g/mol. The number of carbonyl (C=O) groups is 1. The second-order valence-corrected chi connectivity index (χ2v) is 8.75. The zero-order valence-electron chi connectivity index (χ0n) is 17.4. The van der Waals surface area contributed by atoms with Gasteiger partial charge in [-0.25, -0.2) is 8.42 Å². The van der Waals surface area contributed by atoms with Crippen LogP contribution in [0.5, 0.6) is 11.5 Å². The molecule has 1 N–H and O–H groups in total. The van der Waals surface area contributed by atoms with Crippen molar-refractivity contribution >= 4 is 33.2 Å². The zero-order chi connectivity index (χ0) is 22.1. The summed E-state index contributed by atoms with van der Waals surface area (Å²) in [6.07, 6.45) is 0.701. The minimum absolute atomic E-state index is 0.0914. The van der Waals surface area contributed by atoms with Gasteiger partial charge < -0.3 is 14.8 Å². The maximum atomic E-state index is 12.7. The fourth-order valence-electron chi connectivity index (χ4n) is 2.78. The lowest BCUT2D eigenvalue weighted by Gasteiger charge is -2.19. The molecule has 0 aliphatic carbocycles. The van der Waals surface area contributed by atoms with Gasteiger partial charge in [0, 0.05) is 19.5 Å². The van der Waals surface area contributed by atoms with Crippen LogP contribution in [0, 0.1) is 0 Å². The lowest BCUT2D eigenvalue weighted by atomic mass is 10.2. The summed E-state index contributed by atoms with van der Waals surface area (Å²) in [5, 5.41) is 2.96. The van der Waals surface area contributed by atoms with Gasteiger partial charge in [0.25, 0.3) is 0 Å². The van der Waals surface area contributed by atoms with E-state index in [2.05, 4.69) is 5.32 Å². The molecule has 9 heteroatoms. The Morgan fingerprint density at radius 1 is 1.07 bits per heavy atom. The van der Waals surface area contributed by atoms with Crippen LogP contribution >= 0.6 is 11.6 Å². The number of halogens is 1. The van der Waals surface area contributed by atoms with Crippen LogP contribution in [0.4, 0.5) is 5.69 Å². The summed E-state index contributed by atoms with van der Waals surface area (Å²) in [6.45, 7) is 4.62. The fourth-order valence-corrected chi connectivity index (χ4v) is 4.43. The van der Waals surface area contributed by atoms with Crippen LogP contribution in [-0.2, 0) is 14.8 Å². The van der Waals surface area contributed by atoms with Crippen molar-refractivity contribution in [1.29, 1.82) is 0 Å². The minimum Gasteiger partial charge on any atom is -0.497 e. The monoisotopic (exact) mass is 454 g/mol. The molecule has 0 unspecified atom stereocenters. The summed E-state index contributed by atoms with van der Waals surface area (Å²) in [6, 6.07) is 11.5. The second-order valence-electron chi connectivity index (χ2n) is 6.41. The standard InChI is InChI=1S/C21H27ClN2O5S/c1-4-24(5-2)30(26,27)18-12-13-19(22)20(15-18)23-21(25)7-6-14-29-17-10-8-16(28-3)9-11-17/h8-13,15H,4-7,14H2,1-3H3,(H,23,25). The van der Waals surface area contributed by atoms with Gasteiger partial charge in [-0.1, -0.05) is 25.4 Å². The van der Waals surface area contributed by atoms with Crippen molar-refractivity contribution in [3.05, 3.63) is 47.5 Å². The van der Waals surface area contributed by atoms with E-state index in [1.54, 1.807) is 45.2 Å². The number of hydrogen-bond acceptors (Lipinski definition) is 5. The first-order valence-corrected chi connectivity index (χ1v) is 11.5. The average molecular weight is 455 g/mol. The molecule has 0 spiro atoms. The first kappa shape index (κ1) is 24.0. The molecule has 7 nitrogen and oxygen atoms in total. The number of benzene rings is 2. The summed E-state index contributed by atoms with van der Waals surface area (Å²) in [5.41, 5.74) is 0.269. The lowest BCUT2D eigenvalue weighted by Crippen LogP contribution is -2.30. The average Bonchev–Trinajstić information content (AvgIpc) is 2.73. The normalized spacial score (nSPS) is 11.4. The number of hydrogen-bond donors (Lipinski definition) is 1. The Bertz CT molecular complexity index is 944. The van der Waals surface area contributed by atoms with Crippen LogP contribution in [0.1, 0.15) is 26.7 Å². The number of carbonyl (C=O) groups excluding carboxylic acids is 1. The highest BCUT2D eigenvalue weighted by Gasteiger charge is 2.22. The maximum absolute atomic E-state index is 12.7. The molecule has 0 radical (unpaired) electrons. The number of nitrogens with zero attached hydrogens (tertiary/aromatic N) is 1. The first-order valence-electron chi connectivity index (χ1n) is 9.68. The number of amides is 1. The van der Waals surface area contributed by atoms with Gasteiger partial charge >= 0.3 is 0 Å². The van der Waals surface area contributed by atoms with Crippen molar-refractivity contribution in [2.75, 3.05) is 32.1 Å². The van der Waals surface area contributed by atoms with Gasteiger partial charge in [0.2, 0.25) is 15.9 Å². The van der Waals surface area contributed by atoms with E-state index < -0.39 is 10.0 Å².